The summed E-state index contributed by atoms with van der Waals surface area (Å²) in [5.74, 6) is 1.98. The molecule has 0 saturated heterocycles. The number of hydrogen-bond acceptors (Lipinski definition) is 4. The Labute approximate surface area is 123 Å². The zero-order valence-corrected chi connectivity index (χ0v) is 11.7. The molecule has 2 fully saturated rings. The quantitative estimate of drug-likeness (QED) is 0.855. The van der Waals surface area contributed by atoms with Crippen LogP contribution in [-0.4, -0.2) is 19.0 Å². The maximum atomic E-state index is 12.6. The summed E-state index contributed by atoms with van der Waals surface area (Å²) < 4.78 is 11.0. The molecular formula is C17H17NO3. The van der Waals surface area contributed by atoms with Gasteiger partial charge < -0.3 is 9.47 Å². The van der Waals surface area contributed by atoms with E-state index in [1.54, 1.807) is 12.1 Å². The lowest BCUT2D eigenvalue weighted by Crippen LogP contribution is -2.18. The number of hydrogen-bond donors (Lipinski definition) is 0. The number of rotatable bonds is 3. The first-order valence-corrected chi connectivity index (χ1v) is 7.62. The number of Topliss-reactive ketones (excluding diaryl/α,β-unsaturated/α-hetero) is 1. The lowest BCUT2D eigenvalue weighted by molar-refractivity contribution is -0.121. The van der Waals surface area contributed by atoms with Crippen molar-refractivity contribution in [2.24, 2.45) is 17.8 Å². The van der Waals surface area contributed by atoms with E-state index in [0.717, 1.165) is 18.4 Å². The Morgan fingerprint density at radius 1 is 1.19 bits per heavy atom. The van der Waals surface area contributed by atoms with Gasteiger partial charge in [0.25, 0.3) is 0 Å². The van der Waals surface area contributed by atoms with Gasteiger partial charge >= 0.3 is 0 Å². The van der Waals surface area contributed by atoms with Crippen LogP contribution >= 0.6 is 0 Å². The molecule has 1 aromatic rings. The summed E-state index contributed by atoms with van der Waals surface area (Å²) in [7, 11) is 0. The molecule has 1 aliphatic heterocycles. The van der Waals surface area contributed by atoms with Gasteiger partial charge in [0, 0.05) is 5.92 Å². The number of benzene rings is 1. The van der Waals surface area contributed by atoms with E-state index in [2.05, 4.69) is 6.07 Å². The normalized spacial score (nSPS) is 30.1. The van der Waals surface area contributed by atoms with E-state index in [0.29, 0.717) is 36.5 Å². The van der Waals surface area contributed by atoms with Crippen LogP contribution < -0.4 is 9.47 Å². The molecule has 4 rings (SSSR count). The van der Waals surface area contributed by atoms with Crippen LogP contribution in [0.4, 0.5) is 0 Å². The third kappa shape index (κ3) is 1.99. The molecule has 2 saturated carbocycles. The van der Waals surface area contributed by atoms with Crippen LogP contribution in [0.5, 0.6) is 11.5 Å². The second-order valence-corrected chi connectivity index (χ2v) is 6.15. The van der Waals surface area contributed by atoms with Gasteiger partial charge in [-0.25, -0.2) is 0 Å². The van der Waals surface area contributed by atoms with Crippen molar-refractivity contribution in [2.75, 3.05) is 13.2 Å². The zero-order chi connectivity index (χ0) is 14.4. The third-order valence-electron chi connectivity index (χ3n) is 5.05. The smallest absolute Gasteiger partial charge is 0.161 e. The van der Waals surface area contributed by atoms with Crippen LogP contribution in [0.2, 0.25) is 0 Å². The molecule has 2 aliphatic carbocycles. The summed E-state index contributed by atoms with van der Waals surface area (Å²) in [6.07, 6.45) is 3.54. The molecule has 108 valence electrons. The first-order valence-electron chi connectivity index (χ1n) is 7.62. The van der Waals surface area contributed by atoms with Crippen LogP contribution in [0.25, 0.3) is 0 Å². The van der Waals surface area contributed by atoms with Crippen molar-refractivity contribution in [3.05, 3.63) is 23.8 Å². The Balaban J connectivity index is 1.58. The van der Waals surface area contributed by atoms with E-state index in [-0.39, 0.29) is 11.7 Å². The van der Waals surface area contributed by atoms with Crippen molar-refractivity contribution >= 4 is 5.78 Å². The van der Waals surface area contributed by atoms with E-state index in [1.165, 1.54) is 6.42 Å². The van der Waals surface area contributed by atoms with Gasteiger partial charge in [-0.1, -0.05) is 12.5 Å². The summed E-state index contributed by atoms with van der Waals surface area (Å²) in [6, 6.07) is 7.60. The van der Waals surface area contributed by atoms with E-state index in [9.17, 15) is 10.1 Å². The van der Waals surface area contributed by atoms with Gasteiger partial charge in [-0.2, -0.15) is 5.26 Å². The number of carbonyl (C=O) groups excluding carboxylic acids is 1. The molecule has 0 spiro atoms. The number of ketones is 1. The van der Waals surface area contributed by atoms with E-state index < -0.39 is 5.92 Å². The average Bonchev–Trinajstić information content (AvgIpc) is 3.00. The minimum atomic E-state index is -0.670. The SMILES string of the molecule is N#CC(C(=O)C1C2CCCC21)c1ccc2c(c1)OCCO2. The van der Waals surface area contributed by atoms with Crippen LogP contribution in [-0.2, 0) is 4.79 Å². The van der Waals surface area contributed by atoms with Crippen LogP contribution in [0.3, 0.4) is 0 Å². The summed E-state index contributed by atoms with van der Waals surface area (Å²) in [5, 5.41) is 9.45. The van der Waals surface area contributed by atoms with Crippen molar-refractivity contribution in [2.45, 2.75) is 25.2 Å². The molecule has 0 bridgehead atoms. The van der Waals surface area contributed by atoms with Gasteiger partial charge in [0.1, 0.15) is 19.1 Å². The summed E-state index contributed by atoms with van der Waals surface area (Å²) in [4.78, 5) is 12.6. The van der Waals surface area contributed by atoms with Crippen LogP contribution in [0, 0.1) is 29.1 Å². The Morgan fingerprint density at radius 2 is 1.90 bits per heavy atom. The molecule has 1 aromatic carbocycles. The third-order valence-corrected chi connectivity index (χ3v) is 5.05. The first-order chi connectivity index (χ1) is 10.3. The lowest BCUT2D eigenvalue weighted by atomic mass is 9.90. The number of fused-ring (bicyclic) bond motifs is 2. The highest BCUT2D eigenvalue weighted by Gasteiger charge is 2.57. The first kappa shape index (κ1) is 12.7. The van der Waals surface area contributed by atoms with Crippen LogP contribution in [0.15, 0.2) is 18.2 Å². The van der Waals surface area contributed by atoms with Crippen molar-refractivity contribution in [1.29, 1.82) is 5.26 Å². The highest BCUT2D eigenvalue weighted by molar-refractivity contribution is 5.93. The molecule has 3 unspecified atom stereocenters. The Hall–Kier alpha value is -2.02. The second kappa shape index (κ2) is 4.77. The van der Waals surface area contributed by atoms with Gasteiger partial charge in [0.05, 0.1) is 6.07 Å². The van der Waals surface area contributed by atoms with Crippen molar-refractivity contribution in [1.82, 2.24) is 0 Å². The average molecular weight is 283 g/mol. The zero-order valence-electron chi connectivity index (χ0n) is 11.7. The minimum Gasteiger partial charge on any atom is -0.486 e. The van der Waals surface area contributed by atoms with Crippen LogP contribution in [0.1, 0.15) is 30.7 Å². The van der Waals surface area contributed by atoms with Crippen molar-refractivity contribution in [3.63, 3.8) is 0 Å². The summed E-state index contributed by atoms with van der Waals surface area (Å²) in [5.41, 5.74) is 0.733. The molecule has 0 radical (unpaired) electrons. The van der Waals surface area contributed by atoms with Gasteiger partial charge in [0.2, 0.25) is 0 Å². The lowest BCUT2D eigenvalue weighted by Gasteiger charge is -2.19. The fourth-order valence-electron chi connectivity index (χ4n) is 3.98. The second-order valence-electron chi connectivity index (χ2n) is 6.15. The standard InChI is InChI=1S/C17H17NO3/c18-9-13(17(19)16-11-2-1-3-12(11)16)10-4-5-14-15(8-10)21-7-6-20-14/h4-5,8,11-13,16H,1-3,6-7H2. The molecule has 4 heteroatoms. The molecule has 0 N–H and O–H groups in total. The largest absolute Gasteiger partial charge is 0.486 e. The summed E-state index contributed by atoms with van der Waals surface area (Å²) in [6.45, 7) is 1.05. The van der Waals surface area contributed by atoms with Gasteiger partial charge in [-0.05, 0) is 42.4 Å². The molecule has 21 heavy (non-hydrogen) atoms. The molecular weight excluding hydrogens is 266 g/mol. The number of carbonyl (C=O) groups is 1. The molecule has 3 aliphatic rings. The molecule has 1 heterocycles. The predicted molar refractivity (Wildman–Crippen MR) is 75.1 cm³/mol. The molecule has 0 aromatic heterocycles. The highest BCUT2D eigenvalue weighted by Crippen LogP contribution is 2.59. The number of nitrogens with zero attached hydrogens (tertiary/aromatic N) is 1. The maximum Gasteiger partial charge on any atom is 0.161 e. The molecule has 4 nitrogen and oxygen atoms in total. The topological polar surface area (TPSA) is 59.3 Å². The van der Waals surface area contributed by atoms with E-state index in [4.69, 9.17) is 9.47 Å². The van der Waals surface area contributed by atoms with E-state index >= 15 is 0 Å². The fourth-order valence-corrected chi connectivity index (χ4v) is 3.98. The van der Waals surface area contributed by atoms with Crippen molar-refractivity contribution < 1.29 is 14.3 Å². The highest BCUT2D eigenvalue weighted by atomic mass is 16.6. The number of ether oxygens (including phenoxy) is 2. The van der Waals surface area contributed by atoms with Gasteiger partial charge in [-0.15, -0.1) is 0 Å². The van der Waals surface area contributed by atoms with E-state index in [1.807, 2.05) is 6.07 Å². The predicted octanol–water partition coefficient (Wildman–Crippen LogP) is 2.68. The van der Waals surface area contributed by atoms with Crippen molar-refractivity contribution in [3.8, 4) is 17.6 Å². The Morgan fingerprint density at radius 3 is 2.62 bits per heavy atom. The van der Waals surface area contributed by atoms with Gasteiger partial charge in [0.15, 0.2) is 17.3 Å². The summed E-state index contributed by atoms with van der Waals surface area (Å²) >= 11 is 0. The maximum absolute atomic E-state index is 12.6. The Kier molecular flexibility index (Phi) is 2.88. The molecule has 0 amide bonds. The fraction of sp³-hybridized carbons (Fsp3) is 0.529. The Bertz CT molecular complexity index is 623. The van der Waals surface area contributed by atoms with Gasteiger partial charge in [-0.3, -0.25) is 4.79 Å². The minimum absolute atomic E-state index is 0.101. The number of nitriles is 1. The molecule has 3 atom stereocenters. The monoisotopic (exact) mass is 283 g/mol.